The number of amides is 2. The maximum absolute atomic E-state index is 12.4. The van der Waals surface area contributed by atoms with Gasteiger partial charge in [0, 0.05) is 18.7 Å². The van der Waals surface area contributed by atoms with Crippen LogP contribution < -0.4 is 10.8 Å². The quantitative estimate of drug-likeness (QED) is 0.425. The molecule has 2 amide bonds. The summed E-state index contributed by atoms with van der Waals surface area (Å²) in [6.45, 7) is 0.490. The molecule has 4 aliphatic rings. The molecule has 0 unspecified atom stereocenters. The van der Waals surface area contributed by atoms with Gasteiger partial charge in [0.25, 0.3) is 5.91 Å². The Morgan fingerprint density at radius 3 is 2.19 bits per heavy atom. The van der Waals surface area contributed by atoms with E-state index in [9.17, 15) is 9.59 Å². The van der Waals surface area contributed by atoms with Crippen LogP contribution in [0.5, 0.6) is 0 Å². The first-order valence-corrected chi connectivity index (χ1v) is 9.81. The summed E-state index contributed by atoms with van der Waals surface area (Å²) in [6, 6.07) is 7.59. The molecular formula is C22H26N2O3. The molecule has 0 aliphatic heterocycles. The summed E-state index contributed by atoms with van der Waals surface area (Å²) in [5.74, 6) is 2.56. The molecule has 3 N–H and O–H groups in total. The molecule has 5 heteroatoms. The molecule has 4 aliphatic carbocycles. The van der Waals surface area contributed by atoms with Crippen molar-refractivity contribution in [2.75, 3.05) is 0 Å². The Balaban J connectivity index is 1.32. The summed E-state index contributed by atoms with van der Waals surface area (Å²) in [7, 11) is 0. The number of hydrogen-bond donors (Lipinski definition) is 3. The first-order valence-electron chi connectivity index (χ1n) is 9.81. The lowest BCUT2D eigenvalue weighted by molar-refractivity contribution is -0.124. The van der Waals surface area contributed by atoms with Crippen molar-refractivity contribution in [3.8, 4) is 0 Å². The second-order valence-corrected chi connectivity index (χ2v) is 8.22. The smallest absolute Gasteiger partial charge is 0.267 e. The van der Waals surface area contributed by atoms with Gasteiger partial charge in [-0.15, -0.1) is 0 Å². The number of benzene rings is 1. The molecule has 0 heterocycles. The first kappa shape index (κ1) is 18.0. The van der Waals surface area contributed by atoms with Gasteiger partial charge in [0.2, 0.25) is 5.91 Å². The Kier molecular flexibility index (Phi) is 5.12. The summed E-state index contributed by atoms with van der Waals surface area (Å²) < 4.78 is 0. The van der Waals surface area contributed by atoms with Crippen molar-refractivity contribution in [1.82, 2.24) is 10.8 Å². The summed E-state index contributed by atoms with van der Waals surface area (Å²) in [6.07, 6.45) is 11.3. The van der Waals surface area contributed by atoms with Crippen molar-refractivity contribution in [2.45, 2.75) is 38.6 Å². The van der Waals surface area contributed by atoms with Crippen molar-refractivity contribution >= 4 is 17.9 Å². The van der Waals surface area contributed by atoms with E-state index in [1.165, 1.54) is 43.8 Å². The van der Waals surface area contributed by atoms with Crippen molar-refractivity contribution < 1.29 is 14.8 Å². The highest BCUT2D eigenvalue weighted by atomic mass is 16.5. The second kappa shape index (κ2) is 7.69. The molecule has 5 rings (SSSR count). The van der Waals surface area contributed by atoms with E-state index in [2.05, 4.69) is 5.32 Å². The Morgan fingerprint density at radius 1 is 0.963 bits per heavy atom. The molecule has 27 heavy (non-hydrogen) atoms. The normalized spacial score (nSPS) is 28.4. The number of carbonyl (C=O) groups excluding carboxylic acids is 2. The largest absolute Gasteiger partial charge is 0.348 e. The van der Waals surface area contributed by atoms with Gasteiger partial charge < -0.3 is 5.32 Å². The number of allylic oxidation sites excluding steroid dienone is 1. The van der Waals surface area contributed by atoms with Gasteiger partial charge in [0.05, 0.1) is 0 Å². The van der Waals surface area contributed by atoms with E-state index < -0.39 is 5.91 Å². The highest BCUT2D eigenvalue weighted by molar-refractivity contribution is 5.90. The molecule has 0 spiro atoms. The molecule has 5 nitrogen and oxygen atoms in total. The molecule has 4 bridgehead atoms. The Labute approximate surface area is 159 Å². The molecule has 1 aromatic rings. The van der Waals surface area contributed by atoms with Gasteiger partial charge in [-0.3, -0.25) is 14.8 Å². The minimum atomic E-state index is -0.566. The van der Waals surface area contributed by atoms with Crippen LogP contribution in [0.25, 0.3) is 6.08 Å². The standard InChI is InChI=1S/C22H26N2O3/c25-21(24-27)6-5-14-1-3-15(4-2-14)13-23-22(26)12-20-18-8-16-7-17(10-18)11-19(20)9-16/h1-6,12,16-19,27H,7-11,13H2,(H,23,26)(H,24,25). The highest BCUT2D eigenvalue weighted by Gasteiger charge is 2.45. The molecule has 4 saturated carbocycles. The van der Waals surface area contributed by atoms with E-state index in [4.69, 9.17) is 5.21 Å². The van der Waals surface area contributed by atoms with E-state index in [1.807, 2.05) is 30.3 Å². The molecule has 1 aromatic carbocycles. The third kappa shape index (κ3) is 4.14. The van der Waals surface area contributed by atoms with Gasteiger partial charge >= 0.3 is 0 Å². The van der Waals surface area contributed by atoms with Crippen LogP contribution >= 0.6 is 0 Å². The lowest BCUT2D eigenvalue weighted by atomic mass is 9.54. The topological polar surface area (TPSA) is 78.4 Å². The SMILES string of the molecule is O=C(C=Cc1ccc(CNC(=O)C=C2C3CC4CC(C3)CC2C4)cc1)NO. The number of carbonyl (C=O) groups is 2. The van der Waals surface area contributed by atoms with E-state index in [1.54, 1.807) is 11.6 Å². The molecule has 142 valence electrons. The summed E-state index contributed by atoms with van der Waals surface area (Å²) in [5.41, 5.74) is 4.82. The molecule has 4 fully saturated rings. The summed E-state index contributed by atoms with van der Waals surface area (Å²) in [4.78, 5) is 23.4. The Hall–Kier alpha value is -2.40. The molecule has 0 aromatic heterocycles. The van der Waals surface area contributed by atoms with Gasteiger partial charge in [-0.2, -0.15) is 0 Å². The average molecular weight is 366 g/mol. The predicted octanol–water partition coefficient (Wildman–Crippen LogP) is 3.20. The van der Waals surface area contributed by atoms with Gasteiger partial charge in [0.15, 0.2) is 0 Å². The molecular weight excluding hydrogens is 340 g/mol. The van der Waals surface area contributed by atoms with Crippen LogP contribution in [0.1, 0.15) is 43.2 Å². The Bertz CT molecular complexity index is 749. The average Bonchev–Trinajstić information content (AvgIpc) is 2.67. The zero-order valence-electron chi connectivity index (χ0n) is 15.4. The van der Waals surface area contributed by atoms with Crippen LogP contribution in [0.3, 0.4) is 0 Å². The predicted molar refractivity (Wildman–Crippen MR) is 102 cm³/mol. The van der Waals surface area contributed by atoms with Gasteiger partial charge in [0.1, 0.15) is 0 Å². The van der Waals surface area contributed by atoms with E-state index in [0.29, 0.717) is 18.4 Å². The second-order valence-electron chi connectivity index (χ2n) is 8.22. The van der Waals surface area contributed by atoms with Crippen molar-refractivity contribution in [3.05, 3.63) is 53.1 Å². The van der Waals surface area contributed by atoms with Crippen LogP contribution in [0.4, 0.5) is 0 Å². The third-order valence-corrected chi connectivity index (χ3v) is 6.36. The van der Waals surface area contributed by atoms with Crippen molar-refractivity contribution in [1.29, 1.82) is 0 Å². The van der Waals surface area contributed by atoms with E-state index >= 15 is 0 Å². The van der Waals surface area contributed by atoms with E-state index in [-0.39, 0.29) is 5.91 Å². The lowest BCUT2D eigenvalue weighted by Gasteiger charge is -2.51. The van der Waals surface area contributed by atoms with E-state index in [0.717, 1.165) is 23.0 Å². The monoisotopic (exact) mass is 366 g/mol. The van der Waals surface area contributed by atoms with Crippen LogP contribution in [-0.4, -0.2) is 17.0 Å². The lowest BCUT2D eigenvalue weighted by Crippen LogP contribution is -2.41. The van der Waals surface area contributed by atoms with Crippen LogP contribution in [0.2, 0.25) is 0 Å². The number of hydroxylamine groups is 1. The van der Waals surface area contributed by atoms with Crippen LogP contribution in [-0.2, 0) is 16.1 Å². The Morgan fingerprint density at radius 2 is 1.59 bits per heavy atom. The van der Waals surface area contributed by atoms with Gasteiger partial charge in [-0.25, -0.2) is 5.48 Å². The molecule has 0 radical (unpaired) electrons. The fourth-order valence-electron chi connectivity index (χ4n) is 5.31. The molecule has 0 atom stereocenters. The number of rotatable bonds is 5. The van der Waals surface area contributed by atoms with Crippen LogP contribution in [0, 0.1) is 23.7 Å². The highest BCUT2D eigenvalue weighted by Crippen LogP contribution is 2.56. The minimum absolute atomic E-state index is 0.0149. The number of hydrogen-bond acceptors (Lipinski definition) is 3. The van der Waals surface area contributed by atoms with Crippen molar-refractivity contribution in [2.24, 2.45) is 23.7 Å². The van der Waals surface area contributed by atoms with Gasteiger partial charge in [-0.05, 0) is 73.0 Å². The zero-order valence-corrected chi connectivity index (χ0v) is 15.4. The zero-order chi connectivity index (χ0) is 18.8. The van der Waals surface area contributed by atoms with Gasteiger partial charge in [-0.1, -0.05) is 29.8 Å². The third-order valence-electron chi connectivity index (χ3n) is 6.36. The van der Waals surface area contributed by atoms with Crippen LogP contribution in [0.15, 0.2) is 42.0 Å². The fraction of sp³-hybridized carbons (Fsp3) is 0.455. The fourth-order valence-corrected chi connectivity index (χ4v) is 5.31. The summed E-state index contributed by atoms with van der Waals surface area (Å²) >= 11 is 0. The number of nitrogens with one attached hydrogen (secondary N) is 2. The summed E-state index contributed by atoms with van der Waals surface area (Å²) in [5, 5.41) is 11.5. The minimum Gasteiger partial charge on any atom is -0.348 e. The van der Waals surface area contributed by atoms with Crippen molar-refractivity contribution in [3.63, 3.8) is 0 Å². The maximum Gasteiger partial charge on any atom is 0.267 e. The molecule has 0 saturated heterocycles. The first-order chi connectivity index (χ1) is 13.1. The maximum atomic E-state index is 12.4.